The van der Waals surface area contributed by atoms with Crippen molar-refractivity contribution in [3.63, 3.8) is 0 Å². The molecule has 8 heteroatoms. The first-order valence-corrected chi connectivity index (χ1v) is 9.31. The van der Waals surface area contributed by atoms with E-state index in [1.165, 1.54) is 5.56 Å². The third-order valence-electron chi connectivity index (χ3n) is 4.01. The maximum atomic E-state index is 5.91. The maximum Gasteiger partial charge on any atom is 0.494 e. The summed E-state index contributed by atoms with van der Waals surface area (Å²) in [5, 5.41) is 3.30. The van der Waals surface area contributed by atoms with E-state index in [0.29, 0.717) is 11.3 Å². The van der Waals surface area contributed by atoms with Crippen molar-refractivity contribution < 1.29 is 9.31 Å². The second-order valence-corrected chi connectivity index (χ2v) is 7.29. The van der Waals surface area contributed by atoms with Crippen molar-refractivity contribution in [2.75, 3.05) is 16.9 Å². The lowest BCUT2D eigenvalue weighted by molar-refractivity contribution is 0.139. The molecule has 0 fully saturated rings. The van der Waals surface area contributed by atoms with E-state index in [9.17, 15) is 0 Å². The molecular formula is C18H25BN4O2S. The molecule has 0 spiro atoms. The topological polar surface area (TPSA) is 62.4 Å². The van der Waals surface area contributed by atoms with Gasteiger partial charge in [-0.25, -0.2) is 4.98 Å². The number of aromatic amines is 1. The third kappa shape index (κ3) is 4.44. The second-order valence-electron chi connectivity index (χ2n) is 6.91. The van der Waals surface area contributed by atoms with Crippen molar-refractivity contribution in [1.82, 2.24) is 9.97 Å². The van der Waals surface area contributed by atoms with Crippen LogP contribution < -0.4 is 15.7 Å². The van der Waals surface area contributed by atoms with Crippen molar-refractivity contribution in [2.45, 2.75) is 46.4 Å². The maximum absolute atomic E-state index is 5.91. The lowest BCUT2D eigenvalue weighted by Crippen LogP contribution is -2.40. The van der Waals surface area contributed by atoms with Gasteiger partial charge >= 0.3 is 7.12 Å². The van der Waals surface area contributed by atoms with Crippen molar-refractivity contribution in [1.29, 1.82) is 0 Å². The Bertz CT molecular complexity index is 785. The Kier molecular flexibility index (Phi) is 5.96. The van der Waals surface area contributed by atoms with Crippen LogP contribution in [0.4, 0.5) is 11.5 Å². The highest BCUT2D eigenvalue weighted by Gasteiger charge is 2.25. The van der Waals surface area contributed by atoms with Crippen LogP contribution in [0.2, 0.25) is 0 Å². The van der Waals surface area contributed by atoms with Crippen LogP contribution in [0.1, 0.15) is 33.3 Å². The summed E-state index contributed by atoms with van der Waals surface area (Å²) in [6.07, 6.45) is 1.84. The summed E-state index contributed by atoms with van der Waals surface area (Å²) in [5.41, 5.74) is 3.13. The third-order valence-corrected chi connectivity index (χ3v) is 4.32. The van der Waals surface area contributed by atoms with Crippen molar-refractivity contribution in [3.05, 3.63) is 40.8 Å². The minimum atomic E-state index is -0.347. The Labute approximate surface area is 160 Å². The Morgan fingerprint density at radius 2 is 1.81 bits per heavy atom. The molecule has 0 unspecified atom stereocenters. The number of nitrogens with zero attached hydrogens (tertiary/aromatic N) is 2. The standard InChI is InChI=1S/C18H25BN4O2S/c1-12(2)24-19(25-13(3)4)15-7-5-14(6-8-15)9-23-11-22-16-17(23)20-10-21-18(16)26/h5-8,10,12-13,22H,9,11H2,1-4H3,(H,20,21,26). The van der Waals surface area contributed by atoms with Gasteiger partial charge in [-0.1, -0.05) is 36.5 Å². The van der Waals surface area contributed by atoms with Gasteiger partial charge in [0.05, 0.1) is 13.0 Å². The fourth-order valence-electron chi connectivity index (χ4n) is 2.87. The Morgan fingerprint density at radius 1 is 1.15 bits per heavy atom. The lowest BCUT2D eigenvalue weighted by atomic mass is 9.78. The molecule has 3 rings (SSSR count). The Morgan fingerprint density at radius 3 is 2.42 bits per heavy atom. The van der Waals surface area contributed by atoms with Crippen LogP contribution in [-0.2, 0) is 15.9 Å². The first-order valence-electron chi connectivity index (χ1n) is 8.90. The molecule has 0 radical (unpaired) electrons. The molecule has 2 heterocycles. The molecule has 138 valence electrons. The average molecular weight is 372 g/mol. The monoisotopic (exact) mass is 372 g/mol. The van der Waals surface area contributed by atoms with Crippen molar-refractivity contribution in [3.8, 4) is 0 Å². The zero-order valence-corrected chi connectivity index (χ0v) is 16.5. The molecule has 1 aliphatic heterocycles. The first-order chi connectivity index (χ1) is 12.4. The molecular weight excluding hydrogens is 347 g/mol. The highest BCUT2D eigenvalue weighted by molar-refractivity contribution is 7.71. The van der Waals surface area contributed by atoms with E-state index in [2.05, 4.69) is 44.5 Å². The summed E-state index contributed by atoms with van der Waals surface area (Å²) in [6.45, 7) is 9.54. The van der Waals surface area contributed by atoms with Gasteiger partial charge in [0, 0.05) is 18.8 Å². The molecule has 6 nitrogen and oxygen atoms in total. The van der Waals surface area contributed by atoms with Gasteiger partial charge in [-0.3, -0.25) is 0 Å². The summed E-state index contributed by atoms with van der Waals surface area (Å²) < 4.78 is 12.4. The van der Waals surface area contributed by atoms with Crippen LogP contribution in [0, 0.1) is 4.64 Å². The normalized spacial score (nSPS) is 13.2. The zero-order chi connectivity index (χ0) is 18.7. The largest absolute Gasteiger partial charge is 0.494 e. The molecule has 26 heavy (non-hydrogen) atoms. The second kappa shape index (κ2) is 8.20. The number of anilines is 2. The van der Waals surface area contributed by atoms with Gasteiger partial charge in [0.2, 0.25) is 0 Å². The molecule has 0 saturated carbocycles. The highest BCUT2D eigenvalue weighted by atomic mass is 32.1. The average Bonchev–Trinajstić information content (AvgIpc) is 2.99. The van der Waals surface area contributed by atoms with Gasteiger partial charge in [-0.2, -0.15) is 0 Å². The van der Waals surface area contributed by atoms with Crippen LogP contribution in [0.3, 0.4) is 0 Å². The molecule has 0 bridgehead atoms. The fourth-order valence-corrected chi connectivity index (χ4v) is 3.09. The van der Waals surface area contributed by atoms with E-state index in [1.54, 1.807) is 6.33 Å². The highest BCUT2D eigenvalue weighted by Crippen LogP contribution is 2.29. The van der Waals surface area contributed by atoms with Crippen LogP contribution in [0.5, 0.6) is 0 Å². The first kappa shape index (κ1) is 18.9. The summed E-state index contributed by atoms with van der Waals surface area (Å²) in [4.78, 5) is 9.49. The quantitative estimate of drug-likeness (QED) is 0.575. The summed E-state index contributed by atoms with van der Waals surface area (Å²) >= 11 is 5.26. The zero-order valence-electron chi connectivity index (χ0n) is 15.7. The van der Waals surface area contributed by atoms with Crippen molar-refractivity contribution >= 4 is 36.3 Å². The number of rotatable bonds is 7. The minimum absolute atomic E-state index is 0.0994. The molecule has 0 aliphatic carbocycles. The Hall–Kier alpha value is -1.90. The number of aromatic nitrogens is 2. The van der Waals surface area contributed by atoms with Crippen LogP contribution in [-0.4, -0.2) is 36.0 Å². The molecule has 1 aliphatic rings. The van der Waals surface area contributed by atoms with E-state index in [1.807, 2.05) is 27.7 Å². The summed E-state index contributed by atoms with van der Waals surface area (Å²) in [5.74, 6) is 0.984. The number of benzene rings is 1. The number of nitrogens with one attached hydrogen (secondary N) is 2. The van der Waals surface area contributed by atoms with Crippen LogP contribution in [0.15, 0.2) is 30.6 Å². The van der Waals surface area contributed by atoms with Gasteiger partial charge in [-0.05, 0) is 38.7 Å². The van der Waals surface area contributed by atoms with Gasteiger partial charge < -0.3 is 24.5 Å². The van der Waals surface area contributed by atoms with Gasteiger partial charge in [0.15, 0.2) is 4.64 Å². The molecule has 0 saturated heterocycles. The predicted octanol–water partition coefficient (Wildman–Crippen LogP) is 3.07. The number of hydrogen-bond acceptors (Lipinski definition) is 6. The predicted molar refractivity (Wildman–Crippen MR) is 108 cm³/mol. The van der Waals surface area contributed by atoms with E-state index in [0.717, 1.165) is 23.5 Å². The summed E-state index contributed by atoms with van der Waals surface area (Å²) in [6, 6.07) is 8.38. The minimum Gasteiger partial charge on any atom is -0.405 e. The number of fused-ring (bicyclic) bond motifs is 1. The van der Waals surface area contributed by atoms with Crippen molar-refractivity contribution in [2.24, 2.45) is 0 Å². The fraction of sp³-hybridized carbons (Fsp3) is 0.444. The number of H-pyrrole nitrogens is 1. The molecule has 1 aromatic heterocycles. The van der Waals surface area contributed by atoms with E-state index in [4.69, 9.17) is 21.5 Å². The smallest absolute Gasteiger partial charge is 0.405 e. The Balaban J connectivity index is 1.72. The molecule has 0 amide bonds. The van der Waals surface area contributed by atoms with Gasteiger partial charge in [0.25, 0.3) is 0 Å². The van der Waals surface area contributed by atoms with E-state index in [-0.39, 0.29) is 19.3 Å². The molecule has 2 N–H and O–H groups in total. The number of hydrogen-bond donors (Lipinski definition) is 2. The summed E-state index contributed by atoms with van der Waals surface area (Å²) in [7, 11) is -0.347. The van der Waals surface area contributed by atoms with E-state index >= 15 is 0 Å². The lowest BCUT2D eigenvalue weighted by Gasteiger charge is -2.21. The van der Waals surface area contributed by atoms with Crippen LogP contribution >= 0.6 is 12.2 Å². The van der Waals surface area contributed by atoms with Gasteiger partial charge in [-0.15, -0.1) is 0 Å². The van der Waals surface area contributed by atoms with Gasteiger partial charge in [0.1, 0.15) is 11.5 Å². The molecule has 2 aromatic rings. The molecule has 1 aromatic carbocycles. The van der Waals surface area contributed by atoms with E-state index < -0.39 is 0 Å². The van der Waals surface area contributed by atoms with Crippen LogP contribution in [0.25, 0.3) is 0 Å². The molecule has 0 atom stereocenters. The SMILES string of the molecule is CC(C)OB(OC(C)C)c1ccc(CN2CNc3c2[nH]cnc3=S)cc1.